The second-order valence-electron chi connectivity index (χ2n) is 2.40. The molecule has 0 amide bonds. The Bertz CT molecular complexity index is 294. The first-order valence-electron chi connectivity index (χ1n) is 3.49. The van der Waals surface area contributed by atoms with E-state index in [1.165, 1.54) is 6.07 Å². The lowest BCUT2D eigenvalue weighted by molar-refractivity contribution is 0.146. The van der Waals surface area contributed by atoms with Crippen LogP contribution in [0.2, 0.25) is 0 Å². The van der Waals surface area contributed by atoms with Gasteiger partial charge in [0.1, 0.15) is 11.5 Å². The molecule has 1 aromatic rings. The molecular formula is C7H8F2IN3. The Morgan fingerprint density at radius 3 is 2.54 bits per heavy atom. The number of nitrogens with zero attached hydrogens (tertiary/aromatic N) is 1. The lowest BCUT2D eigenvalue weighted by atomic mass is 10.2. The third-order valence-electron chi connectivity index (χ3n) is 1.55. The first kappa shape index (κ1) is 10.6. The molecule has 0 spiro atoms. The normalized spacial score (nSPS) is 10.8. The van der Waals surface area contributed by atoms with Gasteiger partial charge in [-0.05, 0) is 28.7 Å². The zero-order chi connectivity index (χ0) is 10.0. The highest BCUT2D eigenvalue weighted by atomic mass is 127. The summed E-state index contributed by atoms with van der Waals surface area (Å²) in [5.74, 6) is 0.0877. The van der Waals surface area contributed by atoms with Crippen LogP contribution in [0.5, 0.6) is 0 Å². The van der Waals surface area contributed by atoms with E-state index in [9.17, 15) is 8.78 Å². The number of nitrogens with two attached hydrogens (primary N) is 2. The highest BCUT2D eigenvalue weighted by Crippen LogP contribution is 2.24. The quantitative estimate of drug-likeness (QED) is 0.816. The van der Waals surface area contributed by atoms with Gasteiger partial charge in [0.05, 0.1) is 0 Å². The molecule has 0 atom stereocenters. The van der Waals surface area contributed by atoms with E-state index in [4.69, 9.17) is 11.5 Å². The van der Waals surface area contributed by atoms with Gasteiger partial charge in [-0.25, -0.2) is 13.8 Å². The molecule has 0 unspecified atom stereocenters. The highest BCUT2D eigenvalue weighted by molar-refractivity contribution is 14.1. The number of alkyl halides is 2. The van der Waals surface area contributed by atoms with Crippen molar-refractivity contribution in [3.63, 3.8) is 0 Å². The Kier molecular flexibility index (Phi) is 3.37. The van der Waals surface area contributed by atoms with Gasteiger partial charge in [0.2, 0.25) is 0 Å². The van der Waals surface area contributed by atoms with Crippen molar-refractivity contribution in [3.8, 4) is 0 Å². The van der Waals surface area contributed by atoms with Crippen molar-refractivity contribution in [1.29, 1.82) is 0 Å². The van der Waals surface area contributed by atoms with E-state index < -0.39 is 6.43 Å². The highest BCUT2D eigenvalue weighted by Gasteiger charge is 2.13. The van der Waals surface area contributed by atoms with Crippen LogP contribution in [0.1, 0.15) is 17.7 Å². The molecule has 3 nitrogen and oxygen atoms in total. The Labute approximate surface area is 87.7 Å². The molecule has 0 aliphatic rings. The molecule has 1 heterocycles. The van der Waals surface area contributed by atoms with Crippen molar-refractivity contribution in [2.45, 2.75) is 13.0 Å². The number of halogens is 3. The molecule has 0 aromatic carbocycles. The van der Waals surface area contributed by atoms with Crippen LogP contribution in [0.3, 0.4) is 0 Å². The standard InChI is InChI=1S/C7H8F2IN3/c8-6(9)5-1-4(10)3(2-11)7(12)13-5/h1,6H,2,11H2,(H2,12,13). The van der Waals surface area contributed by atoms with Gasteiger partial charge in [0.15, 0.2) is 0 Å². The lowest BCUT2D eigenvalue weighted by Gasteiger charge is -2.07. The van der Waals surface area contributed by atoms with Gasteiger partial charge in [-0.3, -0.25) is 0 Å². The summed E-state index contributed by atoms with van der Waals surface area (Å²) in [4.78, 5) is 3.55. The molecule has 13 heavy (non-hydrogen) atoms. The molecule has 0 saturated heterocycles. The summed E-state index contributed by atoms with van der Waals surface area (Å²) in [6.07, 6.45) is -2.59. The van der Waals surface area contributed by atoms with Crippen molar-refractivity contribution in [2.24, 2.45) is 5.73 Å². The topological polar surface area (TPSA) is 64.9 Å². The Balaban J connectivity index is 3.20. The van der Waals surface area contributed by atoms with Gasteiger partial charge in [-0.15, -0.1) is 0 Å². The van der Waals surface area contributed by atoms with Crippen molar-refractivity contribution in [3.05, 3.63) is 20.9 Å². The van der Waals surface area contributed by atoms with E-state index in [0.29, 0.717) is 9.13 Å². The van der Waals surface area contributed by atoms with Gasteiger partial charge in [-0.2, -0.15) is 0 Å². The van der Waals surface area contributed by atoms with Crippen molar-refractivity contribution < 1.29 is 8.78 Å². The monoisotopic (exact) mass is 299 g/mol. The SMILES string of the molecule is NCc1c(I)cc(C(F)F)nc1N. The summed E-state index contributed by atoms with van der Waals surface area (Å²) in [6.45, 7) is 0.209. The van der Waals surface area contributed by atoms with E-state index in [1.54, 1.807) is 0 Å². The number of pyridine rings is 1. The molecule has 0 aliphatic heterocycles. The Morgan fingerprint density at radius 2 is 2.15 bits per heavy atom. The van der Waals surface area contributed by atoms with Crippen molar-refractivity contribution >= 4 is 28.4 Å². The average Bonchev–Trinajstić information content (AvgIpc) is 2.03. The molecule has 1 rings (SSSR count). The molecule has 0 bridgehead atoms. The Morgan fingerprint density at radius 1 is 1.54 bits per heavy atom. The molecular weight excluding hydrogens is 291 g/mol. The molecule has 0 fully saturated rings. The smallest absolute Gasteiger partial charge is 0.280 e. The predicted octanol–water partition coefficient (Wildman–Crippen LogP) is 1.66. The summed E-state index contributed by atoms with van der Waals surface area (Å²) in [6, 6.07) is 1.30. The predicted molar refractivity (Wildman–Crippen MR) is 54.2 cm³/mol. The zero-order valence-corrected chi connectivity index (χ0v) is 8.76. The number of nitrogen functional groups attached to an aromatic ring is 1. The average molecular weight is 299 g/mol. The van der Waals surface area contributed by atoms with Crippen LogP contribution in [-0.4, -0.2) is 4.98 Å². The third kappa shape index (κ3) is 2.25. The number of hydrogen-bond acceptors (Lipinski definition) is 3. The van der Waals surface area contributed by atoms with E-state index in [-0.39, 0.29) is 18.1 Å². The Hall–Kier alpha value is -0.500. The van der Waals surface area contributed by atoms with Crippen LogP contribution in [0, 0.1) is 3.57 Å². The van der Waals surface area contributed by atoms with Crippen LogP contribution in [0.15, 0.2) is 6.07 Å². The maximum absolute atomic E-state index is 12.2. The van der Waals surface area contributed by atoms with E-state index in [0.717, 1.165) is 0 Å². The van der Waals surface area contributed by atoms with Crippen LogP contribution in [0.4, 0.5) is 14.6 Å². The van der Waals surface area contributed by atoms with Gasteiger partial charge >= 0.3 is 0 Å². The lowest BCUT2D eigenvalue weighted by Crippen LogP contribution is -2.08. The maximum Gasteiger partial charge on any atom is 0.280 e. The molecule has 0 radical (unpaired) electrons. The zero-order valence-electron chi connectivity index (χ0n) is 6.60. The van der Waals surface area contributed by atoms with Crippen LogP contribution < -0.4 is 11.5 Å². The van der Waals surface area contributed by atoms with Crippen molar-refractivity contribution in [1.82, 2.24) is 4.98 Å². The number of hydrogen-bond donors (Lipinski definition) is 2. The summed E-state index contributed by atoms with van der Waals surface area (Å²) < 4.78 is 25.0. The second-order valence-corrected chi connectivity index (χ2v) is 3.56. The van der Waals surface area contributed by atoms with Crippen LogP contribution >= 0.6 is 22.6 Å². The minimum Gasteiger partial charge on any atom is -0.383 e. The summed E-state index contributed by atoms with van der Waals surface area (Å²) in [5.41, 5.74) is 11.1. The fourth-order valence-corrected chi connectivity index (χ4v) is 1.71. The number of anilines is 1. The molecule has 1 aromatic heterocycles. The molecule has 0 saturated carbocycles. The van der Waals surface area contributed by atoms with E-state index in [1.807, 2.05) is 22.6 Å². The van der Waals surface area contributed by atoms with Gasteiger partial charge in [0, 0.05) is 15.7 Å². The molecule has 0 aliphatic carbocycles. The largest absolute Gasteiger partial charge is 0.383 e. The fraction of sp³-hybridized carbons (Fsp3) is 0.286. The first-order valence-corrected chi connectivity index (χ1v) is 4.57. The van der Waals surface area contributed by atoms with Gasteiger partial charge in [-0.1, -0.05) is 0 Å². The maximum atomic E-state index is 12.2. The summed E-state index contributed by atoms with van der Waals surface area (Å²) in [7, 11) is 0. The minimum atomic E-state index is -2.59. The molecule has 72 valence electrons. The molecule has 4 N–H and O–H groups in total. The number of rotatable bonds is 2. The molecule has 6 heteroatoms. The van der Waals surface area contributed by atoms with Crippen LogP contribution in [-0.2, 0) is 6.54 Å². The van der Waals surface area contributed by atoms with E-state index in [2.05, 4.69) is 4.98 Å². The van der Waals surface area contributed by atoms with Gasteiger partial charge in [0.25, 0.3) is 6.43 Å². The minimum absolute atomic E-state index is 0.0877. The van der Waals surface area contributed by atoms with Crippen molar-refractivity contribution in [2.75, 3.05) is 5.73 Å². The summed E-state index contributed by atoms with van der Waals surface area (Å²) in [5, 5.41) is 0. The number of aromatic nitrogens is 1. The fourth-order valence-electron chi connectivity index (χ4n) is 0.892. The van der Waals surface area contributed by atoms with E-state index >= 15 is 0 Å². The summed E-state index contributed by atoms with van der Waals surface area (Å²) >= 11 is 1.91. The first-order chi connectivity index (χ1) is 6.06. The van der Waals surface area contributed by atoms with Crippen LogP contribution in [0.25, 0.3) is 0 Å². The van der Waals surface area contributed by atoms with Gasteiger partial charge < -0.3 is 11.5 Å². The third-order valence-corrected chi connectivity index (χ3v) is 2.51. The second kappa shape index (κ2) is 4.14.